The Hall–Kier alpha value is -3.22. The van der Waals surface area contributed by atoms with Crippen LogP contribution in [0.4, 0.5) is 4.79 Å². The molecule has 1 unspecified atom stereocenters. The van der Waals surface area contributed by atoms with Gasteiger partial charge >= 0.3 is 6.09 Å². The molecule has 0 saturated heterocycles. The lowest BCUT2D eigenvalue weighted by molar-refractivity contribution is 0.0961. The summed E-state index contributed by atoms with van der Waals surface area (Å²) in [6.07, 6.45) is 1.33. The van der Waals surface area contributed by atoms with E-state index in [9.17, 15) is 9.59 Å². The molecule has 1 amide bonds. The van der Waals surface area contributed by atoms with Crippen LogP contribution in [-0.2, 0) is 9.47 Å². The molecule has 0 bridgehead atoms. The molecule has 0 saturated carbocycles. The van der Waals surface area contributed by atoms with E-state index in [2.05, 4.69) is 41.5 Å². The third-order valence-corrected chi connectivity index (χ3v) is 6.09. The largest absolute Gasteiger partial charge is 0.449 e. The zero-order valence-corrected chi connectivity index (χ0v) is 19.8. The molecule has 1 aliphatic rings. The predicted molar refractivity (Wildman–Crippen MR) is 131 cm³/mol. The van der Waals surface area contributed by atoms with Crippen LogP contribution in [-0.4, -0.2) is 36.1 Å². The first-order chi connectivity index (χ1) is 16.6. The molecule has 0 aliphatic heterocycles. The maximum Gasteiger partial charge on any atom is 0.407 e. The van der Waals surface area contributed by atoms with Gasteiger partial charge in [0.2, 0.25) is 0 Å². The smallest absolute Gasteiger partial charge is 0.407 e. The Morgan fingerprint density at radius 2 is 1.68 bits per heavy atom. The molecule has 1 N–H and O–H groups in total. The lowest BCUT2D eigenvalue weighted by Crippen LogP contribution is -2.33. The van der Waals surface area contributed by atoms with Gasteiger partial charge in [-0.1, -0.05) is 67.9 Å². The van der Waals surface area contributed by atoms with Gasteiger partial charge in [0.1, 0.15) is 12.3 Å². The first kappa shape index (κ1) is 23.9. The quantitative estimate of drug-likeness (QED) is 0.292. The van der Waals surface area contributed by atoms with E-state index in [1.165, 1.54) is 17.2 Å². The zero-order chi connectivity index (χ0) is 23.9. The fourth-order valence-electron chi connectivity index (χ4n) is 4.19. The Balaban J connectivity index is 1.46. The molecular formula is C27H27ClN2O4. The molecule has 0 fully saturated rings. The second kappa shape index (κ2) is 11.3. The third kappa shape index (κ3) is 5.46. The number of aromatic nitrogens is 1. The maximum absolute atomic E-state index is 12.8. The minimum absolute atomic E-state index is 0.0345. The van der Waals surface area contributed by atoms with Gasteiger partial charge < -0.3 is 14.8 Å². The minimum Gasteiger partial charge on any atom is -0.449 e. The number of fused-ring (bicyclic) bond motifs is 3. The van der Waals surface area contributed by atoms with E-state index in [4.69, 9.17) is 21.1 Å². The van der Waals surface area contributed by atoms with Gasteiger partial charge in [-0.25, -0.2) is 9.78 Å². The fraction of sp³-hybridized carbons (Fsp3) is 0.296. The average Bonchev–Trinajstić information content (AvgIpc) is 3.18. The van der Waals surface area contributed by atoms with Gasteiger partial charge in [-0.05, 0) is 52.4 Å². The number of benzene rings is 2. The standard InChI is InChI=1S/C27H27ClN2O4/c1-2-3-15-33-17-25(23-13-8-14-24(29-23)26(28)31)30-27(32)34-16-22-20-11-6-4-9-18(20)19-10-5-7-12-21(19)22/h4-14,22,25H,2-3,15-17H2,1H3,(H,30,32). The first-order valence-corrected chi connectivity index (χ1v) is 11.8. The van der Waals surface area contributed by atoms with E-state index >= 15 is 0 Å². The molecule has 6 nitrogen and oxygen atoms in total. The number of hydrogen-bond donors (Lipinski definition) is 1. The minimum atomic E-state index is -0.659. The van der Waals surface area contributed by atoms with Crippen molar-refractivity contribution in [2.45, 2.75) is 31.7 Å². The van der Waals surface area contributed by atoms with E-state index in [1.54, 1.807) is 12.1 Å². The van der Waals surface area contributed by atoms with Crippen molar-refractivity contribution >= 4 is 22.9 Å². The SMILES string of the molecule is CCCCOCC(NC(=O)OCC1c2ccccc2-c2ccccc21)c1cccc(C(=O)Cl)n1. The van der Waals surface area contributed by atoms with Crippen molar-refractivity contribution in [2.75, 3.05) is 19.8 Å². The lowest BCUT2D eigenvalue weighted by Gasteiger charge is -2.20. The van der Waals surface area contributed by atoms with Gasteiger partial charge in [0, 0.05) is 12.5 Å². The van der Waals surface area contributed by atoms with Crippen molar-refractivity contribution in [2.24, 2.45) is 0 Å². The van der Waals surface area contributed by atoms with E-state index in [0.29, 0.717) is 12.3 Å². The highest BCUT2D eigenvalue weighted by atomic mass is 35.5. The summed E-state index contributed by atoms with van der Waals surface area (Å²) in [6, 6.07) is 20.7. The number of nitrogens with zero attached hydrogens (tertiary/aromatic N) is 1. The number of ether oxygens (including phenoxy) is 2. The van der Waals surface area contributed by atoms with Gasteiger partial charge in [0.05, 0.1) is 18.3 Å². The molecule has 2 aromatic carbocycles. The van der Waals surface area contributed by atoms with Crippen molar-refractivity contribution in [1.29, 1.82) is 0 Å². The Kier molecular flexibility index (Phi) is 7.93. The topological polar surface area (TPSA) is 77.5 Å². The Morgan fingerprint density at radius 1 is 1.00 bits per heavy atom. The third-order valence-electron chi connectivity index (χ3n) is 5.89. The molecule has 0 spiro atoms. The number of amides is 1. The molecule has 1 atom stereocenters. The molecule has 34 heavy (non-hydrogen) atoms. The normalized spacial score (nSPS) is 13.1. The molecule has 4 rings (SSSR count). The number of halogens is 1. The second-order valence-electron chi connectivity index (χ2n) is 8.17. The highest BCUT2D eigenvalue weighted by molar-refractivity contribution is 6.67. The Bertz CT molecular complexity index is 1120. The summed E-state index contributed by atoms with van der Waals surface area (Å²) in [4.78, 5) is 28.6. The van der Waals surface area contributed by atoms with Crippen LogP contribution in [0.5, 0.6) is 0 Å². The number of alkyl carbamates (subject to hydrolysis) is 1. The van der Waals surface area contributed by atoms with Crippen molar-refractivity contribution in [3.8, 4) is 11.1 Å². The second-order valence-corrected chi connectivity index (χ2v) is 8.52. The van der Waals surface area contributed by atoms with Crippen LogP contribution in [0.25, 0.3) is 11.1 Å². The number of nitrogens with one attached hydrogen (secondary N) is 1. The molecular weight excluding hydrogens is 452 g/mol. The Labute approximate surface area is 204 Å². The maximum atomic E-state index is 12.8. The summed E-state index contributed by atoms with van der Waals surface area (Å²) in [7, 11) is 0. The van der Waals surface area contributed by atoms with E-state index in [1.807, 2.05) is 24.3 Å². The first-order valence-electron chi connectivity index (χ1n) is 11.4. The van der Waals surface area contributed by atoms with E-state index in [-0.39, 0.29) is 24.8 Å². The van der Waals surface area contributed by atoms with E-state index < -0.39 is 17.4 Å². The molecule has 0 radical (unpaired) electrons. The number of pyridine rings is 1. The summed E-state index contributed by atoms with van der Waals surface area (Å²) in [5.41, 5.74) is 5.22. The van der Waals surface area contributed by atoms with Crippen LogP contribution < -0.4 is 5.32 Å². The molecule has 7 heteroatoms. The lowest BCUT2D eigenvalue weighted by atomic mass is 9.98. The van der Waals surface area contributed by atoms with Gasteiger partial charge in [-0.3, -0.25) is 4.79 Å². The van der Waals surface area contributed by atoms with E-state index in [0.717, 1.165) is 24.0 Å². The van der Waals surface area contributed by atoms with Gasteiger partial charge in [-0.15, -0.1) is 0 Å². The molecule has 1 aromatic heterocycles. The number of unbranched alkanes of at least 4 members (excludes halogenated alkanes) is 1. The number of carbonyl (C=O) groups is 2. The van der Waals surface area contributed by atoms with Gasteiger partial charge in [-0.2, -0.15) is 0 Å². The summed E-state index contributed by atoms with van der Waals surface area (Å²) in [5.74, 6) is -0.0345. The molecule has 1 heterocycles. The fourth-order valence-corrected chi connectivity index (χ4v) is 4.29. The van der Waals surface area contributed by atoms with Crippen LogP contribution in [0, 0.1) is 0 Å². The summed E-state index contributed by atoms with van der Waals surface area (Å²) < 4.78 is 11.4. The van der Waals surface area contributed by atoms with Crippen LogP contribution in [0.3, 0.4) is 0 Å². The molecule has 176 valence electrons. The zero-order valence-electron chi connectivity index (χ0n) is 19.0. The van der Waals surface area contributed by atoms with Crippen LogP contribution in [0.1, 0.15) is 59.0 Å². The van der Waals surface area contributed by atoms with Crippen molar-refractivity contribution in [1.82, 2.24) is 10.3 Å². The summed E-state index contributed by atoms with van der Waals surface area (Å²) in [5, 5.41) is 2.19. The highest BCUT2D eigenvalue weighted by Gasteiger charge is 2.29. The number of carbonyl (C=O) groups excluding carboxylic acids is 2. The Morgan fingerprint density at radius 3 is 2.32 bits per heavy atom. The summed E-state index contributed by atoms with van der Waals surface area (Å²) in [6.45, 7) is 3.05. The number of hydrogen-bond acceptors (Lipinski definition) is 5. The van der Waals surface area contributed by atoms with Crippen molar-refractivity contribution in [3.63, 3.8) is 0 Å². The molecule has 3 aromatic rings. The van der Waals surface area contributed by atoms with Crippen LogP contribution in [0.2, 0.25) is 0 Å². The van der Waals surface area contributed by atoms with Crippen molar-refractivity contribution < 1.29 is 19.1 Å². The van der Waals surface area contributed by atoms with Gasteiger partial charge in [0.25, 0.3) is 5.24 Å². The highest BCUT2D eigenvalue weighted by Crippen LogP contribution is 2.44. The monoisotopic (exact) mass is 478 g/mol. The molecule has 1 aliphatic carbocycles. The average molecular weight is 479 g/mol. The summed E-state index contributed by atoms with van der Waals surface area (Å²) >= 11 is 5.59. The predicted octanol–water partition coefficient (Wildman–Crippen LogP) is 5.86. The van der Waals surface area contributed by atoms with Crippen LogP contribution >= 0.6 is 11.6 Å². The van der Waals surface area contributed by atoms with Crippen LogP contribution in [0.15, 0.2) is 66.7 Å². The number of rotatable bonds is 10. The van der Waals surface area contributed by atoms with Gasteiger partial charge in [0.15, 0.2) is 0 Å². The van der Waals surface area contributed by atoms with Crippen molar-refractivity contribution in [3.05, 3.63) is 89.2 Å².